The topological polar surface area (TPSA) is 93.5 Å². The molecule has 6 nitrogen and oxygen atoms in total. The quantitative estimate of drug-likeness (QED) is 0.677. The Morgan fingerprint density at radius 3 is 2.39 bits per heavy atom. The minimum Gasteiger partial charge on any atom is -0.481 e. The van der Waals surface area contributed by atoms with Gasteiger partial charge < -0.3 is 9.47 Å². The summed E-state index contributed by atoms with van der Waals surface area (Å²) in [6, 6.07) is 10.9. The molecule has 0 fully saturated rings. The number of benzene rings is 2. The van der Waals surface area contributed by atoms with Gasteiger partial charge in [-0.25, -0.2) is 13.2 Å². The predicted octanol–water partition coefficient (Wildman–Crippen LogP) is 4.00. The third-order valence-corrected chi connectivity index (χ3v) is 4.97. The molecule has 2 rings (SSSR count). The number of nitriles is 1. The van der Waals surface area contributed by atoms with Crippen molar-refractivity contribution >= 4 is 27.4 Å². The van der Waals surface area contributed by atoms with Gasteiger partial charge >= 0.3 is 5.97 Å². The van der Waals surface area contributed by atoms with Crippen molar-refractivity contribution in [1.82, 2.24) is 0 Å². The maximum Gasteiger partial charge on any atom is 0.344 e. The van der Waals surface area contributed by atoms with Gasteiger partial charge in [-0.1, -0.05) is 11.6 Å². The number of hydrogen-bond acceptors (Lipinski definition) is 6. The molecule has 0 amide bonds. The Bertz CT molecular complexity index is 1050. The first kappa shape index (κ1) is 21.7. The molecule has 148 valence electrons. The van der Waals surface area contributed by atoms with Gasteiger partial charge in [-0.05, 0) is 57.2 Å². The van der Waals surface area contributed by atoms with Crippen LogP contribution in [-0.2, 0) is 19.4 Å². The molecule has 0 atom stereocenters. The van der Waals surface area contributed by atoms with Crippen molar-refractivity contribution in [2.75, 3.05) is 12.9 Å². The second kappa shape index (κ2) is 8.21. The maximum atomic E-state index is 12.0. The van der Waals surface area contributed by atoms with E-state index in [4.69, 9.17) is 21.1 Å². The Morgan fingerprint density at radius 1 is 1.14 bits per heavy atom. The van der Waals surface area contributed by atoms with Crippen molar-refractivity contribution in [3.63, 3.8) is 0 Å². The van der Waals surface area contributed by atoms with E-state index in [1.807, 2.05) is 6.07 Å². The summed E-state index contributed by atoms with van der Waals surface area (Å²) in [7, 11) is -3.46. The molecule has 0 saturated carbocycles. The molecule has 0 aliphatic rings. The molecule has 8 heteroatoms. The molecule has 2 aromatic rings. The Labute approximate surface area is 169 Å². The molecule has 0 unspecified atom stereocenters. The lowest BCUT2D eigenvalue weighted by molar-refractivity contribution is -0.157. The second-order valence-electron chi connectivity index (χ2n) is 7.11. The molecule has 0 saturated heterocycles. The van der Waals surface area contributed by atoms with E-state index in [1.54, 1.807) is 20.8 Å². The fourth-order valence-corrected chi connectivity index (χ4v) is 3.25. The SMILES string of the molecule is CC(C)(C)OC(=O)COc1ccc(C#N)cc1-c1cc(S(C)(=O)=O)ccc1Cl. The van der Waals surface area contributed by atoms with Gasteiger partial charge in [0.2, 0.25) is 0 Å². The molecule has 0 N–H and O–H groups in total. The molecule has 0 heterocycles. The average Bonchev–Trinajstić information content (AvgIpc) is 2.58. The molecule has 0 aliphatic heterocycles. The van der Waals surface area contributed by atoms with E-state index < -0.39 is 21.4 Å². The smallest absolute Gasteiger partial charge is 0.344 e. The van der Waals surface area contributed by atoms with E-state index in [-0.39, 0.29) is 22.3 Å². The number of esters is 1. The highest BCUT2D eigenvalue weighted by Gasteiger charge is 2.19. The van der Waals surface area contributed by atoms with E-state index in [0.29, 0.717) is 16.7 Å². The number of nitrogens with zero attached hydrogens (tertiary/aromatic N) is 1. The molecule has 0 bridgehead atoms. The normalized spacial score (nSPS) is 11.6. The zero-order chi connectivity index (χ0) is 21.1. The van der Waals surface area contributed by atoms with Gasteiger partial charge in [0.15, 0.2) is 16.4 Å². The first-order valence-electron chi connectivity index (χ1n) is 8.29. The molecular formula is C20H20ClNO5S. The highest BCUT2D eigenvalue weighted by molar-refractivity contribution is 7.90. The summed E-state index contributed by atoms with van der Waals surface area (Å²) >= 11 is 6.27. The van der Waals surface area contributed by atoms with Gasteiger partial charge in [-0.15, -0.1) is 0 Å². The first-order valence-corrected chi connectivity index (χ1v) is 10.6. The summed E-state index contributed by atoms with van der Waals surface area (Å²) in [5.41, 5.74) is 0.459. The summed E-state index contributed by atoms with van der Waals surface area (Å²) in [6.07, 6.45) is 1.09. The number of halogens is 1. The Morgan fingerprint density at radius 2 is 1.82 bits per heavy atom. The molecule has 2 aromatic carbocycles. The van der Waals surface area contributed by atoms with Gasteiger partial charge in [-0.3, -0.25) is 0 Å². The van der Waals surface area contributed by atoms with E-state index >= 15 is 0 Å². The van der Waals surface area contributed by atoms with Gasteiger partial charge in [0.1, 0.15) is 11.4 Å². The van der Waals surface area contributed by atoms with Crippen molar-refractivity contribution in [2.45, 2.75) is 31.3 Å². The number of sulfone groups is 1. The van der Waals surface area contributed by atoms with Crippen molar-refractivity contribution in [3.8, 4) is 22.9 Å². The summed E-state index contributed by atoms with van der Waals surface area (Å²) in [6.45, 7) is 4.89. The van der Waals surface area contributed by atoms with Crippen LogP contribution in [0.2, 0.25) is 5.02 Å². The third-order valence-electron chi connectivity index (χ3n) is 3.53. The zero-order valence-corrected chi connectivity index (χ0v) is 17.5. The first-order chi connectivity index (χ1) is 12.9. The Hall–Kier alpha value is -2.56. The fraction of sp³-hybridized carbons (Fsp3) is 0.300. The molecule has 0 radical (unpaired) electrons. The number of carbonyl (C=O) groups is 1. The lowest BCUT2D eigenvalue weighted by Gasteiger charge is -2.20. The van der Waals surface area contributed by atoms with Crippen LogP contribution in [0.4, 0.5) is 0 Å². The van der Waals surface area contributed by atoms with Crippen LogP contribution in [0.15, 0.2) is 41.3 Å². The van der Waals surface area contributed by atoms with E-state index in [9.17, 15) is 18.5 Å². The van der Waals surface area contributed by atoms with Crippen LogP contribution in [0.1, 0.15) is 26.3 Å². The lowest BCUT2D eigenvalue weighted by atomic mass is 10.0. The maximum absolute atomic E-state index is 12.0. The van der Waals surface area contributed by atoms with Gasteiger partial charge in [0, 0.05) is 22.4 Å². The minimum absolute atomic E-state index is 0.0763. The molecular weight excluding hydrogens is 402 g/mol. The number of rotatable bonds is 5. The van der Waals surface area contributed by atoms with Crippen LogP contribution >= 0.6 is 11.6 Å². The number of ether oxygens (including phenoxy) is 2. The number of hydrogen-bond donors (Lipinski definition) is 0. The van der Waals surface area contributed by atoms with Gasteiger partial charge in [-0.2, -0.15) is 5.26 Å². The Balaban J connectivity index is 2.47. The second-order valence-corrected chi connectivity index (χ2v) is 9.53. The van der Waals surface area contributed by atoms with Crippen LogP contribution in [0.5, 0.6) is 5.75 Å². The summed E-state index contributed by atoms with van der Waals surface area (Å²) < 4.78 is 34.6. The van der Waals surface area contributed by atoms with E-state index in [1.165, 1.54) is 36.4 Å². The summed E-state index contributed by atoms with van der Waals surface area (Å²) in [5, 5.41) is 9.49. The van der Waals surface area contributed by atoms with Crippen molar-refractivity contribution in [2.24, 2.45) is 0 Å². The number of carbonyl (C=O) groups excluding carboxylic acids is 1. The fourth-order valence-electron chi connectivity index (χ4n) is 2.38. The van der Waals surface area contributed by atoms with Crippen molar-refractivity contribution in [1.29, 1.82) is 5.26 Å². The molecule has 28 heavy (non-hydrogen) atoms. The summed E-state index contributed by atoms with van der Waals surface area (Å²) in [5.74, 6) is -0.281. The van der Waals surface area contributed by atoms with Crippen LogP contribution in [0, 0.1) is 11.3 Å². The van der Waals surface area contributed by atoms with Crippen molar-refractivity contribution < 1.29 is 22.7 Å². The van der Waals surface area contributed by atoms with Crippen LogP contribution in [0.3, 0.4) is 0 Å². The summed E-state index contributed by atoms with van der Waals surface area (Å²) in [4.78, 5) is 12.0. The van der Waals surface area contributed by atoms with Crippen LogP contribution < -0.4 is 4.74 Å². The van der Waals surface area contributed by atoms with Crippen molar-refractivity contribution in [3.05, 3.63) is 47.0 Å². The van der Waals surface area contributed by atoms with Crippen LogP contribution in [0.25, 0.3) is 11.1 Å². The van der Waals surface area contributed by atoms with Gasteiger partial charge in [0.25, 0.3) is 0 Å². The highest BCUT2D eigenvalue weighted by atomic mass is 35.5. The zero-order valence-electron chi connectivity index (χ0n) is 15.9. The molecule has 0 aromatic heterocycles. The average molecular weight is 422 g/mol. The van der Waals surface area contributed by atoms with E-state index in [0.717, 1.165) is 6.26 Å². The molecule has 0 spiro atoms. The largest absolute Gasteiger partial charge is 0.481 e. The minimum atomic E-state index is -3.46. The Kier molecular flexibility index (Phi) is 6.37. The van der Waals surface area contributed by atoms with Gasteiger partial charge in [0.05, 0.1) is 16.5 Å². The monoisotopic (exact) mass is 421 g/mol. The molecule has 0 aliphatic carbocycles. The predicted molar refractivity (Wildman–Crippen MR) is 106 cm³/mol. The third kappa shape index (κ3) is 5.72. The van der Waals surface area contributed by atoms with Crippen LogP contribution in [-0.4, -0.2) is 32.9 Å². The lowest BCUT2D eigenvalue weighted by Crippen LogP contribution is -2.27. The van der Waals surface area contributed by atoms with E-state index in [2.05, 4.69) is 0 Å². The standard InChI is InChI=1S/C20H20ClNO5S/c1-20(2,3)27-19(23)12-26-18-8-5-13(11-22)9-16(18)15-10-14(28(4,24)25)6-7-17(15)21/h5-10H,12H2,1-4H3. The highest BCUT2D eigenvalue weighted by Crippen LogP contribution is 2.37.